The summed E-state index contributed by atoms with van der Waals surface area (Å²) in [5, 5.41) is 8.45. The predicted molar refractivity (Wildman–Crippen MR) is 56.3 cm³/mol. The van der Waals surface area contributed by atoms with E-state index in [1.54, 1.807) is 6.19 Å². The summed E-state index contributed by atoms with van der Waals surface area (Å²) in [6.07, 6.45) is -2.74. The van der Waals surface area contributed by atoms with E-state index in [9.17, 15) is 13.2 Å². The third kappa shape index (κ3) is 2.61. The second kappa shape index (κ2) is 4.37. The Morgan fingerprint density at radius 1 is 1.31 bits per heavy atom. The van der Waals surface area contributed by atoms with E-state index in [1.165, 1.54) is 0 Å². The summed E-state index contributed by atoms with van der Waals surface area (Å²) >= 11 is 4.56. The van der Waals surface area contributed by atoms with Gasteiger partial charge in [0.2, 0.25) is 0 Å². The lowest BCUT2D eigenvalue weighted by atomic mass is 10.2. The molecule has 0 aliphatic rings. The van der Waals surface area contributed by atoms with E-state index < -0.39 is 11.7 Å². The molecule has 0 bridgehead atoms. The minimum atomic E-state index is -4.40. The van der Waals surface area contributed by atoms with Gasteiger partial charge in [-0.1, -0.05) is 0 Å². The molecule has 0 saturated carbocycles. The Hall–Kier alpha value is -1.81. The third-order valence-electron chi connectivity index (χ3n) is 1.77. The largest absolute Gasteiger partial charge is 0.416 e. The Labute approximate surface area is 94.9 Å². The molecule has 0 aromatic heterocycles. The number of rotatable bonds is 1. The van der Waals surface area contributed by atoms with Crippen molar-refractivity contribution in [2.75, 3.05) is 4.90 Å². The monoisotopic (exact) mass is 245 g/mol. The molecule has 0 heterocycles. The van der Waals surface area contributed by atoms with Crippen LogP contribution in [-0.4, -0.2) is 5.11 Å². The number of halogens is 3. The SMILES string of the molecule is N#CN(C(N)=S)c1ccc(C(F)(F)F)cc1. The lowest BCUT2D eigenvalue weighted by Gasteiger charge is -2.14. The predicted octanol–water partition coefficient (Wildman–Crippen LogP) is 2.24. The highest BCUT2D eigenvalue weighted by Crippen LogP contribution is 2.30. The van der Waals surface area contributed by atoms with Crippen LogP contribution in [0, 0.1) is 11.5 Å². The minimum Gasteiger partial charge on any atom is -0.375 e. The fraction of sp³-hybridized carbons (Fsp3) is 0.111. The average molecular weight is 245 g/mol. The molecule has 7 heteroatoms. The van der Waals surface area contributed by atoms with Crippen LogP contribution in [0.1, 0.15) is 5.56 Å². The number of hydrogen-bond acceptors (Lipinski definition) is 2. The van der Waals surface area contributed by atoms with Crippen LogP contribution in [0.5, 0.6) is 0 Å². The molecule has 0 unspecified atom stereocenters. The number of alkyl halides is 3. The Bertz CT molecular complexity index is 433. The van der Waals surface area contributed by atoms with Crippen LogP contribution in [0.15, 0.2) is 24.3 Å². The summed E-state index contributed by atoms with van der Waals surface area (Å²) in [6.45, 7) is 0. The molecule has 3 nitrogen and oxygen atoms in total. The van der Waals surface area contributed by atoms with Gasteiger partial charge in [-0.3, -0.25) is 0 Å². The maximum Gasteiger partial charge on any atom is 0.416 e. The van der Waals surface area contributed by atoms with Gasteiger partial charge in [-0.15, -0.1) is 0 Å². The van der Waals surface area contributed by atoms with Gasteiger partial charge in [-0.2, -0.15) is 18.4 Å². The van der Waals surface area contributed by atoms with Crippen LogP contribution in [0.2, 0.25) is 0 Å². The zero-order valence-electron chi connectivity index (χ0n) is 7.82. The fourth-order valence-corrected chi connectivity index (χ4v) is 1.18. The second-order valence-electron chi connectivity index (χ2n) is 2.82. The van der Waals surface area contributed by atoms with Crippen molar-refractivity contribution in [1.29, 1.82) is 5.26 Å². The quantitative estimate of drug-likeness (QED) is 0.468. The van der Waals surface area contributed by atoms with Crippen LogP contribution < -0.4 is 10.6 Å². The molecule has 0 amide bonds. The molecule has 0 atom stereocenters. The molecule has 0 aliphatic heterocycles. The normalized spacial score (nSPS) is 10.6. The fourth-order valence-electron chi connectivity index (χ4n) is 1.03. The summed E-state index contributed by atoms with van der Waals surface area (Å²) in [5.74, 6) is 0. The molecule has 0 fully saturated rings. The van der Waals surface area contributed by atoms with Gasteiger partial charge in [-0.25, -0.2) is 4.90 Å². The first-order valence-corrected chi connectivity index (χ1v) is 4.43. The smallest absolute Gasteiger partial charge is 0.375 e. The standard InChI is InChI=1S/C9H6F3N3S/c10-9(11,12)6-1-3-7(4-2-6)15(5-13)8(14)16/h1-4H,(H2,14,16). The highest BCUT2D eigenvalue weighted by molar-refractivity contribution is 7.80. The number of thiocarbonyl (C=S) groups is 1. The molecule has 0 spiro atoms. The Balaban J connectivity index is 3.04. The van der Waals surface area contributed by atoms with Crippen molar-refractivity contribution in [3.63, 3.8) is 0 Å². The van der Waals surface area contributed by atoms with Crippen molar-refractivity contribution in [3.8, 4) is 6.19 Å². The summed E-state index contributed by atoms with van der Waals surface area (Å²) in [5.41, 5.74) is 4.62. The number of nitrogens with zero attached hydrogens (tertiary/aromatic N) is 2. The molecule has 0 aliphatic carbocycles. The number of benzene rings is 1. The molecule has 1 aromatic rings. The molecule has 0 saturated heterocycles. The van der Waals surface area contributed by atoms with Crippen LogP contribution in [0.25, 0.3) is 0 Å². The van der Waals surface area contributed by atoms with E-state index in [-0.39, 0.29) is 10.8 Å². The Kier molecular flexibility index (Phi) is 3.34. The third-order valence-corrected chi connectivity index (χ3v) is 1.96. The zero-order chi connectivity index (χ0) is 12.3. The molecule has 0 radical (unpaired) electrons. The van der Waals surface area contributed by atoms with Crippen molar-refractivity contribution in [2.45, 2.75) is 6.18 Å². The van der Waals surface area contributed by atoms with Gasteiger partial charge in [0.25, 0.3) is 0 Å². The highest BCUT2D eigenvalue weighted by Gasteiger charge is 2.30. The first kappa shape index (κ1) is 12.3. The number of nitrogens with two attached hydrogens (primary N) is 1. The lowest BCUT2D eigenvalue weighted by molar-refractivity contribution is -0.137. The molecular formula is C9H6F3N3S. The molecule has 16 heavy (non-hydrogen) atoms. The van der Waals surface area contributed by atoms with Crippen LogP contribution >= 0.6 is 12.2 Å². The van der Waals surface area contributed by atoms with Crippen LogP contribution in [-0.2, 0) is 6.18 Å². The van der Waals surface area contributed by atoms with E-state index >= 15 is 0 Å². The molecular weight excluding hydrogens is 239 g/mol. The summed E-state index contributed by atoms with van der Waals surface area (Å²) in [7, 11) is 0. The zero-order valence-corrected chi connectivity index (χ0v) is 8.64. The van der Waals surface area contributed by atoms with Gasteiger partial charge < -0.3 is 5.73 Å². The average Bonchev–Trinajstić information content (AvgIpc) is 2.17. The van der Waals surface area contributed by atoms with Gasteiger partial charge >= 0.3 is 6.18 Å². The lowest BCUT2D eigenvalue weighted by Crippen LogP contribution is -2.30. The summed E-state index contributed by atoms with van der Waals surface area (Å²) in [4.78, 5) is 0.857. The van der Waals surface area contributed by atoms with Crippen molar-refractivity contribution in [2.24, 2.45) is 5.73 Å². The summed E-state index contributed by atoms with van der Waals surface area (Å²) in [6, 6.07) is 3.98. The first-order valence-electron chi connectivity index (χ1n) is 4.03. The van der Waals surface area contributed by atoms with E-state index in [0.29, 0.717) is 0 Å². The van der Waals surface area contributed by atoms with Crippen molar-refractivity contribution in [1.82, 2.24) is 0 Å². The Morgan fingerprint density at radius 2 is 1.81 bits per heavy atom. The maximum atomic E-state index is 12.2. The van der Waals surface area contributed by atoms with Gasteiger partial charge in [-0.05, 0) is 36.5 Å². The maximum absolute atomic E-state index is 12.2. The van der Waals surface area contributed by atoms with Crippen LogP contribution in [0.4, 0.5) is 18.9 Å². The Morgan fingerprint density at radius 3 is 2.12 bits per heavy atom. The minimum absolute atomic E-state index is 0.197. The van der Waals surface area contributed by atoms with Crippen LogP contribution in [0.3, 0.4) is 0 Å². The first-order chi connectivity index (χ1) is 7.36. The van der Waals surface area contributed by atoms with E-state index in [2.05, 4.69) is 12.2 Å². The van der Waals surface area contributed by atoms with Gasteiger partial charge in [0.05, 0.1) is 11.3 Å². The van der Waals surface area contributed by atoms with E-state index in [0.717, 1.165) is 29.2 Å². The number of anilines is 1. The van der Waals surface area contributed by atoms with E-state index in [4.69, 9.17) is 11.0 Å². The van der Waals surface area contributed by atoms with Crippen molar-refractivity contribution < 1.29 is 13.2 Å². The molecule has 84 valence electrons. The van der Waals surface area contributed by atoms with Crippen molar-refractivity contribution in [3.05, 3.63) is 29.8 Å². The summed E-state index contributed by atoms with van der Waals surface area (Å²) < 4.78 is 36.7. The van der Waals surface area contributed by atoms with Gasteiger partial charge in [0.15, 0.2) is 11.3 Å². The van der Waals surface area contributed by atoms with Gasteiger partial charge in [0.1, 0.15) is 0 Å². The topological polar surface area (TPSA) is 53.0 Å². The second-order valence-corrected chi connectivity index (χ2v) is 3.24. The molecule has 1 rings (SSSR count). The van der Waals surface area contributed by atoms with Crippen molar-refractivity contribution >= 4 is 23.0 Å². The number of hydrogen-bond donors (Lipinski definition) is 1. The number of nitriles is 1. The van der Waals surface area contributed by atoms with E-state index in [1.807, 2.05) is 0 Å². The highest BCUT2D eigenvalue weighted by atomic mass is 32.1. The molecule has 1 aromatic carbocycles. The molecule has 2 N–H and O–H groups in total. The van der Waals surface area contributed by atoms with Gasteiger partial charge in [0, 0.05) is 0 Å².